The van der Waals surface area contributed by atoms with Crippen molar-refractivity contribution in [1.29, 1.82) is 0 Å². The van der Waals surface area contributed by atoms with Gasteiger partial charge in [-0.3, -0.25) is 0 Å². The van der Waals surface area contributed by atoms with Gasteiger partial charge >= 0.3 is 0 Å². The molecule has 0 saturated heterocycles. The highest BCUT2D eigenvalue weighted by atomic mass is 32.2. The number of nitrogens with zero attached hydrogens (tertiary/aromatic N) is 2. The number of hydrogen-bond acceptors (Lipinski definition) is 5. The van der Waals surface area contributed by atoms with Gasteiger partial charge in [0.05, 0.1) is 11.3 Å². The molecule has 1 heterocycles. The monoisotopic (exact) mass is 331 g/mol. The number of nitrogens with one attached hydrogen (secondary N) is 1. The smallest absolute Gasteiger partial charge is 0.213 e. The van der Waals surface area contributed by atoms with Crippen LogP contribution in [0.25, 0.3) is 0 Å². The Bertz CT molecular complexity index is 561. The zero-order chi connectivity index (χ0) is 15.5. The lowest BCUT2D eigenvalue weighted by Gasteiger charge is -2.28. The molecule has 1 N–H and O–H groups in total. The molecule has 1 aromatic rings. The average Bonchev–Trinajstić information content (AvgIpc) is 3.04. The van der Waals surface area contributed by atoms with Crippen LogP contribution < -0.4 is 5.32 Å². The maximum absolute atomic E-state index is 11.8. The van der Waals surface area contributed by atoms with Gasteiger partial charge in [-0.2, -0.15) is 0 Å². The van der Waals surface area contributed by atoms with Gasteiger partial charge in [-0.15, -0.1) is 11.3 Å². The first-order valence-electron chi connectivity index (χ1n) is 7.44. The van der Waals surface area contributed by atoms with Crippen molar-refractivity contribution in [3.8, 4) is 0 Å². The summed E-state index contributed by atoms with van der Waals surface area (Å²) in [6, 6.07) is 0. The van der Waals surface area contributed by atoms with Gasteiger partial charge in [0, 0.05) is 25.2 Å². The Kier molecular flexibility index (Phi) is 5.40. The van der Waals surface area contributed by atoms with Crippen molar-refractivity contribution in [2.45, 2.75) is 44.6 Å². The normalized spacial score (nSPS) is 18.5. The lowest BCUT2D eigenvalue weighted by atomic mass is 9.98. The summed E-state index contributed by atoms with van der Waals surface area (Å²) in [7, 11) is 0.0719. The van der Waals surface area contributed by atoms with Gasteiger partial charge in [0.1, 0.15) is 5.01 Å². The first-order chi connectivity index (χ1) is 9.86. The van der Waals surface area contributed by atoms with Gasteiger partial charge in [0.2, 0.25) is 10.0 Å². The molecule has 0 aliphatic heterocycles. The second-order valence-corrected chi connectivity index (χ2v) is 9.12. The fourth-order valence-corrected chi connectivity index (χ4v) is 4.69. The maximum Gasteiger partial charge on any atom is 0.213 e. The third kappa shape index (κ3) is 4.03. The summed E-state index contributed by atoms with van der Waals surface area (Å²) in [5, 5.41) is 6.85. The van der Waals surface area contributed by atoms with E-state index in [0.717, 1.165) is 23.5 Å². The van der Waals surface area contributed by atoms with Gasteiger partial charge < -0.3 is 5.32 Å². The Labute approximate surface area is 131 Å². The minimum Gasteiger partial charge on any atom is -0.305 e. The van der Waals surface area contributed by atoms with E-state index in [9.17, 15) is 8.42 Å². The molecule has 120 valence electrons. The van der Waals surface area contributed by atoms with Crippen molar-refractivity contribution in [3.05, 3.63) is 16.1 Å². The number of rotatable bonds is 7. The van der Waals surface area contributed by atoms with E-state index in [1.807, 2.05) is 6.92 Å². The van der Waals surface area contributed by atoms with E-state index in [-0.39, 0.29) is 11.3 Å². The molecule has 1 aromatic heterocycles. The van der Waals surface area contributed by atoms with E-state index in [2.05, 4.69) is 15.7 Å². The van der Waals surface area contributed by atoms with E-state index in [1.54, 1.807) is 25.4 Å². The highest BCUT2D eigenvalue weighted by Crippen LogP contribution is 2.40. The van der Waals surface area contributed by atoms with Crippen molar-refractivity contribution >= 4 is 21.4 Å². The van der Waals surface area contributed by atoms with Crippen LogP contribution in [-0.4, -0.2) is 44.1 Å². The molecule has 0 spiro atoms. The van der Waals surface area contributed by atoms with Gasteiger partial charge in [-0.25, -0.2) is 17.7 Å². The Morgan fingerprint density at radius 1 is 1.38 bits per heavy atom. The standard InChI is InChI=1S/C14H25N3O2S2/c1-12-11-20-13(16-12)14(7-4-5-8-14)15-9-6-10-21(18,19)17(2)3/h11,15H,4-10H2,1-3H3. The van der Waals surface area contributed by atoms with Crippen LogP contribution in [0, 0.1) is 6.92 Å². The number of aryl methyl sites for hydroxylation is 1. The summed E-state index contributed by atoms with van der Waals surface area (Å²) in [6.45, 7) is 2.73. The number of sulfonamides is 1. The van der Waals surface area contributed by atoms with Crippen molar-refractivity contribution in [2.24, 2.45) is 0 Å². The van der Waals surface area contributed by atoms with Gasteiger partial charge in [0.25, 0.3) is 0 Å². The molecule has 0 amide bonds. The van der Waals surface area contributed by atoms with Crippen LogP contribution in [0.4, 0.5) is 0 Å². The Morgan fingerprint density at radius 3 is 2.57 bits per heavy atom. The predicted octanol–water partition coefficient (Wildman–Crippen LogP) is 2.09. The molecular weight excluding hydrogens is 306 g/mol. The van der Waals surface area contributed by atoms with Crippen LogP contribution in [0.15, 0.2) is 5.38 Å². The number of thiazole rings is 1. The van der Waals surface area contributed by atoms with Gasteiger partial charge in [-0.05, 0) is 32.7 Å². The van der Waals surface area contributed by atoms with Crippen LogP contribution in [0.3, 0.4) is 0 Å². The Hall–Kier alpha value is -0.500. The molecule has 5 nitrogen and oxygen atoms in total. The quantitative estimate of drug-likeness (QED) is 0.777. The van der Waals surface area contributed by atoms with Crippen LogP contribution in [0.2, 0.25) is 0 Å². The van der Waals surface area contributed by atoms with E-state index in [4.69, 9.17) is 0 Å². The summed E-state index contributed by atoms with van der Waals surface area (Å²) < 4.78 is 24.8. The van der Waals surface area contributed by atoms with Crippen LogP contribution in [0.1, 0.15) is 42.8 Å². The summed E-state index contributed by atoms with van der Waals surface area (Å²) >= 11 is 1.71. The largest absolute Gasteiger partial charge is 0.305 e. The summed E-state index contributed by atoms with van der Waals surface area (Å²) in [4.78, 5) is 4.65. The van der Waals surface area contributed by atoms with Crippen molar-refractivity contribution < 1.29 is 8.42 Å². The Balaban J connectivity index is 1.93. The number of aromatic nitrogens is 1. The molecule has 0 bridgehead atoms. The second kappa shape index (κ2) is 6.73. The van der Waals surface area contributed by atoms with E-state index < -0.39 is 10.0 Å². The first kappa shape index (κ1) is 16.9. The average molecular weight is 332 g/mol. The molecule has 21 heavy (non-hydrogen) atoms. The highest BCUT2D eigenvalue weighted by Gasteiger charge is 2.37. The molecule has 7 heteroatoms. The lowest BCUT2D eigenvalue weighted by Crippen LogP contribution is -2.41. The van der Waals surface area contributed by atoms with Crippen molar-refractivity contribution in [3.63, 3.8) is 0 Å². The highest BCUT2D eigenvalue weighted by molar-refractivity contribution is 7.89. The minimum absolute atomic E-state index is 0.0270. The van der Waals surface area contributed by atoms with Crippen molar-refractivity contribution in [2.75, 3.05) is 26.4 Å². The molecule has 1 aliphatic carbocycles. The third-order valence-electron chi connectivity index (χ3n) is 4.08. The SMILES string of the molecule is Cc1csc(C2(NCCCS(=O)(=O)N(C)C)CCCC2)n1. The third-order valence-corrected chi connectivity index (χ3v) is 7.17. The topological polar surface area (TPSA) is 62.3 Å². The molecule has 0 aromatic carbocycles. The zero-order valence-electron chi connectivity index (χ0n) is 13.1. The summed E-state index contributed by atoms with van der Waals surface area (Å²) in [5.74, 6) is 0.194. The summed E-state index contributed by atoms with van der Waals surface area (Å²) in [6.07, 6.45) is 5.25. The van der Waals surface area contributed by atoms with Crippen LogP contribution in [0.5, 0.6) is 0 Å². The van der Waals surface area contributed by atoms with Crippen LogP contribution >= 0.6 is 11.3 Å². The molecule has 1 aliphatic rings. The molecule has 0 unspecified atom stereocenters. The van der Waals surface area contributed by atoms with Crippen LogP contribution in [-0.2, 0) is 15.6 Å². The fourth-order valence-electron chi connectivity index (χ4n) is 2.78. The second-order valence-electron chi connectivity index (χ2n) is 5.96. The fraction of sp³-hybridized carbons (Fsp3) is 0.786. The Morgan fingerprint density at radius 2 is 2.05 bits per heavy atom. The van der Waals surface area contributed by atoms with E-state index in [1.165, 1.54) is 17.1 Å². The summed E-state index contributed by atoms with van der Waals surface area (Å²) in [5.41, 5.74) is 1.04. The van der Waals surface area contributed by atoms with Gasteiger partial charge in [0.15, 0.2) is 0 Å². The first-order valence-corrected chi connectivity index (χ1v) is 9.92. The predicted molar refractivity (Wildman–Crippen MR) is 87.1 cm³/mol. The molecule has 2 rings (SSSR count). The van der Waals surface area contributed by atoms with Crippen molar-refractivity contribution in [1.82, 2.24) is 14.6 Å². The molecule has 1 saturated carbocycles. The maximum atomic E-state index is 11.8. The molecule has 0 radical (unpaired) electrons. The molecule has 0 atom stereocenters. The van der Waals surface area contributed by atoms with Gasteiger partial charge in [-0.1, -0.05) is 12.8 Å². The molecule has 1 fully saturated rings. The molecular formula is C14H25N3O2S2. The van der Waals surface area contributed by atoms with E-state index in [0.29, 0.717) is 13.0 Å². The van der Waals surface area contributed by atoms with E-state index >= 15 is 0 Å². The zero-order valence-corrected chi connectivity index (χ0v) is 14.7. The lowest BCUT2D eigenvalue weighted by molar-refractivity contribution is 0.340. The minimum atomic E-state index is -3.09. The number of hydrogen-bond donors (Lipinski definition) is 1.